The molecule has 0 aliphatic carbocycles. The van der Waals surface area contributed by atoms with Crippen molar-refractivity contribution in [2.45, 2.75) is 19.6 Å². The van der Waals surface area contributed by atoms with Crippen LogP contribution in [0.3, 0.4) is 0 Å². The van der Waals surface area contributed by atoms with Crippen LogP contribution < -0.4 is 4.74 Å². The zero-order valence-corrected chi connectivity index (χ0v) is 20.7. The van der Waals surface area contributed by atoms with Gasteiger partial charge in [-0.05, 0) is 42.8 Å². The van der Waals surface area contributed by atoms with Gasteiger partial charge >= 0.3 is 5.97 Å². The van der Waals surface area contributed by atoms with E-state index >= 15 is 0 Å². The van der Waals surface area contributed by atoms with Crippen LogP contribution in [0.2, 0.25) is 0 Å². The molecule has 38 heavy (non-hydrogen) atoms. The molecule has 1 unspecified atom stereocenters. The lowest BCUT2D eigenvalue weighted by Crippen LogP contribution is -2.53. The van der Waals surface area contributed by atoms with Crippen molar-refractivity contribution in [3.05, 3.63) is 82.9 Å². The summed E-state index contributed by atoms with van der Waals surface area (Å²) in [6.45, 7) is 2.95. The number of fused-ring (bicyclic) bond motifs is 1. The number of rotatable bonds is 6. The molecular formula is C26H23F3N4O5. The smallest absolute Gasteiger partial charge is 0.302 e. The molecular weight excluding hydrogens is 505 g/mol. The Balaban J connectivity index is 1.51. The highest BCUT2D eigenvalue weighted by atomic mass is 19.2. The molecule has 1 saturated heterocycles. The van der Waals surface area contributed by atoms with Crippen LogP contribution in [-0.4, -0.2) is 53.1 Å². The Kier molecular flexibility index (Phi) is 6.47. The van der Waals surface area contributed by atoms with Crippen LogP contribution in [-0.2, 0) is 24.8 Å². The summed E-state index contributed by atoms with van der Waals surface area (Å²) in [6, 6.07) is 7.08. The number of benzene rings is 2. The number of nitrogens with zero attached hydrogens (tertiary/aromatic N) is 4. The van der Waals surface area contributed by atoms with Crippen molar-refractivity contribution in [3.63, 3.8) is 0 Å². The summed E-state index contributed by atoms with van der Waals surface area (Å²) in [4.78, 5) is 23.1. The van der Waals surface area contributed by atoms with E-state index in [2.05, 4.69) is 10.1 Å². The van der Waals surface area contributed by atoms with E-state index in [1.807, 2.05) is 29.8 Å². The average Bonchev–Trinajstić information content (AvgIpc) is 3.50. The number of halogens is 3. The normalized spacial score (nSPS) is 19.5. The Hall–Kier alpha value is -4.48. The number of methoxy groups -OCH3 is 1. The second kappa shape index (κ2) is 9.77. The Bertz CT molecular complexity index is 1450. The van der Waals surface area contributed by atoms with Crippen LogP contribution in [0.1, 0.15) is 23.7 Å². The quantitative estimate of drug-likeness (QED) is 0.353. The SMILES string of the molecule is COc1cc(C=C2OCCN3C2=NOC3(COC(C)=O)c2cc(F)c(F)c(F)c2)ccc1-n1cnc(C)c1. The number of amidine groups is 1. The van der Waals surface area contributed by atoms with Crippen LogP contribution in [0.25, 0.3) is 11.8 Å². The van der Waals surface area contributed by atoms with E-state index in [9.17, 15) is 18.0 Å². The fraction of sp³-hybridized carbons (Fsp3) is 0.269. The molecule has 3 heterocycles. The first-order chi connectivity index (χ1) is 18.2. The van der Waals surface area contributed by atoms with Gasteiger partial charge in [0.15, 0.2) is 29.8 Å². The van der Waals surface area contributed by atoms with Crippen LogP contribution in [0, 0.1) is 24.4 Å². The first-order valence-electron chi connectivity index (χ1n) is 11.6. The molecule has 12 heteroatoms. The number of carbonyl (C=O) groups excluding carboxylic acids is 1. The molecule has 0 bridgehead atoms. The lowest BCUT2D eigenvalue weighted by atomic mass is 9.99. The Morgan fingerprint density at radius 3 is 2.63 bits per heavy atom. The maximum absolute atomic E-state index is 14.2. The molecule has 2 aliphatic heterocycles. The van der Waals surface area contributed by atoms with Crippen LogP contribution in [0.4, 0.5) is 13.2 Å². The number of aryl methyl sites for hydroxylation is 1. The zero-order valence-electron chi connectivity index (χ0n) is 20.7. The van der Waals surface area contributed by atoms with Gasteiger partial charge in [-0.3, -0.25) is 4.79 Å². The van der Waals surface area contributed by atoms with Gasteiger partial charge in [0.25, 0.3) is 5.72 Å². The summed E-state index contributed by atoms with van der Waals surface area (Å²) in [7, 11) is 1.55. The number of morpholine rings is 1. The number of hydrogen-bond donors (Lipinski definition) is 0. The van der Waals surface area contributed by atoms with E-state index in [0.29, 0.717) is 17.1 Å². The maximum atomic E-state index is 14.2. The van der Waals surface area contributed by atoms with Crippen molar-refractivity contribution < 1.29 is 37.0 Å². The third kappa shape index (κ3) is 4.42. The number of imidazole rings is 1. The summed E-state index contributed by atoms with van der Waals surface area (Å²) in [5.41, 5.74) is 0.491. The van der Waals surface area contributed by atoms with Gasteiger partial charge in [-0.1, -0.05) is 11.2 Å². The van der Waals surface area contributed by atoms with Crippen molar-refractivity contribution in [2.75, 3.05) is 26.9 Å². The number of aromatic nitrogens is 2. The van der Waals surface area contributed by atoms with E-state index in [4.69, 9.17) is 19.0 Å². The zero-order chi connectivity index (χ0) is 27.0. The summed E-state index contributed by atoms with van der Waals surface area (Å²) in [5, 5.41) is 4.11. The van der Waals surface area contributed by atoms with Gasteiger partial charge in [0, 0.05) is 18.7 Å². The largest absolute Gasteiger partial charge is 0.495 e. The van der Waals surface area contributed by atoms with E-state index in [-0.39, 0.29) is 24.6 Å². The van der Waals surface area contributed by atoms with Crippen LogP contribution in [0.15, 0.2) is 53.8 Å². The van der Waals surface area contributed by atoms with Crippen molar-refractivity contribution in [2.24, 2.45) is 5.16 Å². The summed E-state index contributed by atoms with van der Waals surface area (Å²) in [6.07, 6.45) is 5.25. The summed E-state index contributed by atoms with van der Waals surface area (Å²) < 4.78 is 60.5. The number of ether oxygens (including phenoxy) is 3. The van der Waals surface area contributed by atoms with Gasteiger partial charge in [0.1, 0.15) is 12.4 Å². The molecule has 2 aromatic carbocycles. The highest BCUT2D eigenvalue weighted by Gasteiger charge is 2.52. The topological polar surface area (TPSA) is 87.4 Å². The number of carbonyl (C=O) groups is 1. The molecule has 0 radical (unpaired) electrons. The molecule has 0 amide bonds. The molecule has 198 valence electrons. The van der Waals surface area contributed by atoms with Gasteiger partial charge < -0.3 is 28.5 Å². The highest BCUT2D eigenvalue weighted by molar-refractivity contribution is 6.01. The molecule has 1 atom stereocenters. The van der Waals surface area contributed by atoms with Crippen molar-refractivity contribution in [1.82, 2.24) is 14.5 Å². The van der Waals surface area contributed by atoms with Crippen molar-refractivity contribution in [3.8, 4) is 11.4 Å². The average molecular weight is 528 g/mol. The monoisotopic (exact) mass is 528 g/mol. The molecule has 1 fully saturated rings. The Morgan fingerprint density at radius 2 is 1.97 bits per heavy atom. The molecule has 0 spiro atoms. The van der Waals surface area contributed by atoms with Gasteiger partial charge in [-0.25, -0.2) is 18.2 Å². The van der Waals surface area contributed by atoms with E-state index in [1.165, 1.54) is 6.92 Å². The first kappa shape index (κ1) is 25.2. The number of oxime groups is 1. The molecule has 9 nitrogen and oxygen atoms in total. The van der Waals surface area contributed by atoms with Crippen LogP contribution >= 0.6 is 0 Å². The Labute approximate surface area is 215 Å². The van der Waals surface area contributed by atoms with Crippen LogP contribution in [0.5, 0.6) is 5.75 Å². The molecule has 0 saturated carbocycles. The molecule has 2 aliphatic rings. The number of esters is 1. The Morgan fingerprint density at radius 1 is 1.21 bits per heavy atom. The van der Waals surface area contributed by atoms with E-state index < -0.39 is 35.8 Å². The molecule has 0 N–H and O–H groups in total. The first-order valence-corrected chi connectivity index (χ1v) is 11.6. The van der Waals surface area contributed by atoms with Crippen molar-refractivity contribution >= 4 is 17.9 Å². The fourth-order valence-electron chi connectivity index (χ4n) is 4.35. The van der Waals surface area contributed by atoms with E-state index in [1.54, 1.807) is 30.5 Å². The summed E-state index contributed by atoms with van der Waals surface area (Å²) >= 11 is 0. The summed E-state index contributed by atoms with van der Waals surface area (Å²) in [5.74, 6) is -4.00. The second-order valence-electron chi connectivity index (χ2n) is 8.69. The third-order valence-electron chi connectivity index (χ3n) is 6.17. The molecule has 5 rings (SSSR count). The fourth-order valence-corrected chi connectivity index (χ4v) is 4.35. The predicted molar refractivity (Wildman–Crippen MR) is 129 cm³/mol. The molecule has 1 aromatic heterocycles. The van der Waals surface area contributed by atoms with E-state index in [0.717, 1.165) is 23.5 Å². The minimum Gasteiger partial charge on any atom is -0.495 e. The lowest BCUT2D eigenvalue weighted by molar-refractivity contribution is -0.172. The lowest BCUT2D eigenvalue weighted by Gasteiger charge is -2.39. The second-order valence-corrected chi connectivity index (χ2v) is 8.69. The highest BCUT2D eigenvalue weighted by Crippen LogP contribution is 2.40. The predicted octanol–water partition coefficient (Wildman–Crippen LogP) is 4.04. The maximum Gasteiger partial charge on any atom is 0.302 e. The van der Waals surface area contributed by atoms with Gasteiger partial charge in [0.2, 0.25) is 5.84 Å². The molecule has 3 aromatic rings. The minimum absolute atomic E-state index is 0.114. The minimum atomic E-state index is -1.74. The van der Waals surface area contributed by atoms with Gasteiger partial charge in [-0.15, -0.1) is 0 Å². The van der Waals surface area contributed by atoms with Crippen molar-refractivity contribution in [1.29, 1.82) is 0 Å². The van der Waals surface area contributed by atoms with Gasteiger partial charge in [0.05, 0.1) is 31.4 Å². The standard InChI is InChI=1S/C26H23F3N4O5/c1-15-12-32(14-30-15)21-5-4-17(8-22(21)35-3)9-23-25-31-38-26(13-37-16(2)34,33(25)6-7-36-23)18-10-19(27)24(29)20(28)11-18/h4-5,8-12,14H,6-7,13H2,1-3H3. The number of hydrogen-bond acceptors (Lipinski definition) is 8. The third-order valence-corrected chi connectivity index (χ3v) is 6.17. The van der Waals surface area contributed by atoms with Gasteiger partial charge in [-0.2, -0.15) is 0 Å².